The Morgan fingerprint density at radius 3 is 2.30 bits per heavy atom. The van der Waals surface area contributed by atoms with E-state index in [-0.39, 0.29) is 0 Å². The molecule has 1 atom stereocenters. The first-order chi connectivity index (χ1) is 9.79. The number of hydrogen-bond acceptors (Lipinski definition) is 2. The van der Waals surface area contributed by atoms with E-state index in [4.69, 9.17) is 0 Å². The fourth-order valence-electron chi connectivity index (χ4n) is 3.05. The Morgan fingerprint density at radius 1 is 1.05 bits per heavy atom. The molecule has 1 heterocycles. The van der Waals surface area contributed by atoms with Gasteiger partial charge in [-0.3, -0.25) is 0 Å². The van der Waals surface area contributed by atoms with Gasteiger partial charge in [0.05, 0.1) is 0 Å². The summed E-state index contributed by atoms with van der Waals surface area (Å²) in [5.74, 6) is 0. The van der Waals surface area contributed by atoms with Gasteiger partial charge in [0.25, 0.3) is 0 Å². The number of nitrogens with zero attached hydrogens (tertiary/aromatic N) is 1. The highest BCUT2D eigenvalue weighted by molar-refractivity contribution is 5.24. The Morgan fingerprint density at radius 2 is 1.70 bits per heavy atom. The Balaban J connectivity index is 1.77. The van der Waals surface area contributed by atoms with Crippen molar-refractivity contribution < 1.29 is 0 Å². The second-order valence-corrected chi connectivity index (χ2v) is 6.08. The molecule has 0 aliphatic carbocycles. The van der Waals surface area contributed by atoms with E-state index < -0.39 is 0 Å². The minimum absolute atomic E-state index is 0.502. The lowest BCUT2D eigenvalue weighted by molar-refractivity contribution is 0.278. The summed E-state index contributed by atoms with van der Waals surface area (Å²) >= 11 is 0. The molecule has 1 N–H and O–H groups in total. The van der Waals surface area contributed by atoms with E-state index in [0.717, 1.165) is 13.0 Å². The summed E-state index contributed by atoms with van der Waals surface area (Å²) in [6, 6.07) is 9.47. The number of aryl methyl sites for hydroxylation is 1. The minimum Gasteiger partial charge on any atom is -0.309 e. The van der Waals surface area contributed by atoms with Gasteiger partial charge in [-0.25, -0.2) is 0 Å². The van der Waals surface area contributed by atoms with Crippen LogP contribution in [-0.2, 0) is 0 Å². The molecule has 0 aromatic heterocycles. The molecule has 0 amide bonds. The first-order valence-electron chi connectivity index (χ1n) is 8.32. The van der Waals surface area contributed by atoms with E-state index in [1.165, 1.54) is 56.4 Å². The van der Waals surface area contributed by atoms with Crippen molar-refractivity contribution in [2.75, 3.05) is 26.2 Å². The molecule has 0 bridgehead atoms. The molecule has 0 radical (unpaired) electrons. The van der Waals surface area contributed by atoms with Gasteiger partial charge in [-0.05, 0) is 44.8 Å². The Labute approximate surface area is 124 Å². The van der Waals surface area contributed by atoms with Crippen molar-refractivity contribution in [2.45, 2.75) is 52.0 Å². The van der Waals surface area contributed by atoms with Crippen LogP contribution in [-0.4, -0.2) is 31.1 Å². The first-order valence-corrected chi connectivity index (χ1v) is 8.32. The average molecular weight is 274 g/mol. The minimum atomic E-state index is 0.502. The molecule has 1 saturated heterocycles. The Hall–Kier alpha value is -0.860. The molecule has 1 aromatic carbocycles. The van der Waals surface area contributed by atoms with E-state index in [2.05, 4.69) is 48.3 Å². The largest absolute Gasteiger partial charge is 0.309 e. The van der Waals surface area contributed by atoms with Crippen LogP contribution in [0.15, 0.2) is 24.3 Å². The summed E-state index contributed by atoms with van der Waals surface area (Å²) in [4.78, 5) is 2.63. The molecule has 0 spiro atoms. The summed E-state index contributed by atoms with van der Waals surface area (Å²) in [5.41, 5.74) is 2.77. The van der Waals surface area contributed by atoms with Crippen molar-refractivity contribution in [2.24, 2.45) is 0 Å². The van der Waals surface area contributed by atoms with Crippen LogP contribution in [0, 0.1) is 6.92 Å². The van der Waals surface area contributed by atoms with Gasteiger partial charge in [0.1, 0.15) is 0 Å². The summed E-state index contributed by atoms with van der Waals surface area (Å²) in [7, 11) is 0. The molecule has 2 nitrogen and oxygen atoms in total. The van der Waals surface area contributed by atoms with Gasteiger partial charge in [-0.2, -0.15) is 0 Å². The predicted octanol–water partition coefficient (Wildman–Crippen LogP) is 3.91. The smallest absolute Gasteiger partial charge is 0.0318 e. The summed E-state index contributed by atoms with van der Waals surface area (Å²) in [6.07, 6.45) is 6.77. The number of hydrogen-bond donors (Lipinski definition) is 1. The fraction of sp³-hybridized carbons (Fsp3) is 0.667. The summed E-state index contributed by atoms with van der Waals surface area (Å²) in [5, 5.41) is 3.73. The normalized spacial score (nSPS) is 18.7. The number of likely N-dealkylation sites (tertiary alicyclic amines) is 1. The second kappa shape index (κ2) is 8.43. The van der Waals surface area contributed by atoms with Crippen LogP contribution in [0.25, 0.3) is 0 Å². The molecular formula is C18H30N2. The highest BCUT2D eigenvalue weighted by Crippen LogP contribution is 2.17. The van der Waals surface area contributed by atoms with E-state index in [9.17, 15) is 0 Å². The molecule has 1 aliphatic heterocycles. The SMILES string of the molecule is CCC(NCCN1CCCCCC1)c1ccc(C)cc1. The van der Waals surface area contributed by atoms with Crippen molar-refractivity contribution in [3.8, 4) is 0 Å². The number of rotatable bonds is 6. The van der Waals surface area contributed by atoms with Crippen LogP contribution in [0.2, 0.25) is 0 Å². The van der Waals surface area contributed by atoms with Crippen molar-refractivity contribution >= 4 is 0 Å². The van der Waals surface area contributed by atoms with Crippen LogP contribution in [0.4, 0.5) is 0 Å². The van der Waals surface area contributed by atoms with Gasteiger partial charge in [-0.1, -0.05) is 49.6 Å². The topological polar surface area (TPSA) is 15.3 Å². The number of nitrogens with one attached hydrogen (secondary N) is 1. The van der Waals surface area contributed by atoms with Gasteiger partial charge >= 0.3 is 0 Å². The molecule has 20 heavy (non-hydrogen) atoms. The van der Waals surface area contributed by atoms with E-state index in [1.54, 1.807) is 0 Å². The van der Waals surface area contributed by atoms with Crippen LogP contribution in [0.5, 0.6) is 0 Å². The van der Waals surface area contributed by atoms with Crippen LogP contribution < -0.4 is 5.32 Å². The molecule has 1 aliphatic rings. The monoisotopic (exact) mass is 274 g/mol. The fourth-order valence-corrected chi connectivity index (χ4v) is 3.05. The summed E-state index contributed by atoms with van der Waals surface area (Å²) in [6.45, 7) is 9.31. The van der Waals surface area contributed by atoms with Gasteiger partial charge in [0.15, 0.2) is 0 Å². The van der Waals surface area contributed by atoms with Crippen molar-refractivity contribution in [1.29, 1.82) is 0 Å². The first kappa shape index (κ1) is 15.5. The second-order valence-electron chi connectivity index (χ2n) is 6.08. The molecule has 2 rings (SSSR count). The lowest BCUT2D eigenvalue weighted by Crippen LogP contribution is -2.34. The lowest BCUT2D eigenvalue weighted by Gasteiger charge is -2.23. The van der Waals surface area contributed by atoms with Crippen LogP contribution in [0.1, 0.15) is 56.2 Å². The quantitative estimate of drug-likeness (QED) is 0.846. The molecule has 1 unspecified atom stereocenters. The van der Waals surface area contributed by atoms with E-state index >= 15 is 0 Å². The third-order valence-electron chi connectivity index (χ3n) is 4.41. The van der Waals surface area contributed by atoms with Crippen molar-refractivity contribution in [3.63, 3.8) is 0 Å². The molecule has 1 aromatic rings. The summed E-state index contributed by atoms with van der Waals surface area (Å²) < 4.78 is 0. The Kier molecular flexibility index (Phi) is 6.55. The van der Waals surface area contributed by atoms with Gasteiger partial charge in [0, 0.05) is 19.1 Å². The highest BCUT2D eigenvalue weighted by atomic mass is 15.1. The van der Waals surface area contributed by atoms with E-state index in [0.29, 0.717) is 6.04 Å². The Bertz CT molecular complexity index is 364. The third-order valence-corrected chi connectivity index (χ3v) is 4.41. The van der Waals surface area contributed by atoms with Gasteiger partial charge < -0.3 is 10.2 Å². The third kappa shape index (κ3) is 4.92. The van der Waals surface area contributed by atoms with Crippen LogP contribution >= 0.6 is 0 Å². The maximum Gasteiger partial charge on any atom is 0.0318 e. The zero-order valence-electron chi connectivity index (χ0n) is 13.2. The highest BCUT2D eigenvalue weighted by Gasteiger charge is 2.11. The molecule has 0 saturated carbocycles. The van der Waals surface area contributed by atoms with Crippen molar-refractivity contribution in [1.82, 2.24) is 10.2 Å². The predicted molar refractivity (Wildman–Crippen MR) is 87.1 cm³/mol. The lowest BCUT2D eigenvalue weighted by atomic mass is 10.0. The molecule has 112 valence electrons. The zero-order chi connectivity index (χ0) is 14.2. The van der Waals surface area contributed by atoms with Crippen molar-refractivity contribution in [3.05, 3.63) is 35.4 Å². The van der Waals surface area contributed by atoms with Gasteiger partial charge in [0.2, 0.25) is 0 Å². The molecule has 1 fully saturated rings. The molecular weight excluding hydrogens is 244 g/mol. The van der Waals surface area contributed by atoms with Crippen LogP contribution in [0.3, 0.4) is 0 Å². The maximum absolute atomic E-state index is 3.73. The standard InChI is InChI=1S/C18H30N2/c1-3-18(17-10-8-16(2)9-11-17)19-12-15-20-13-6-4-5-7-14-20/h8-11,18-19H,3-7,12-15H2,1-2H3. The maximum atomic E-state index is 3.73. The van der Waals surface area contributed by atoms with Gasteiger partial charge in [-0.15, -0.1) is 0 Å². The zero-order valence-corrected chi connectivity index (χ0v) is 13.2. The number of benzene rings is 1. The van der Waals surface area contributed by atoms with E-state index in [1.807, 2.05) is 0 Å². The average Bonchev–Trinajstić information content (AvgIpc) is 2.74. The molecule has 2 heteroatoms.